The lowest BCUT2D eigenvalue weighted by Gasteiger charge is -2.34. The van der Waals surface area contributed by atoms with Crippen LogP contribution in [0.3, 0.4) is 0 Å². The molecule has 39 heavy (non-hydrogen) atoms. The van der Waals surface area contributed by atoms with Gasteiger partial charge in [-0.05, 0) is 86.3 Å². The Kier molecular flexibility index (Phi) is 5.85. The van der Waals surface area contributed by atoms with E-state index in [0.717, 1.165) is 46.2 Å². The second-order valence-electron chi connectivity index (χ2n) is 10.3. The number of benzene rings is 6. The van der Waals surface area contributed by atoms with E-state index in [1.54, 1.807) is 0 Å². The molecule has 0 amide bonds. The van der Waals surface area contributed by atoms with Crippen LogP contribution in [0, 0.1) is 0 Å². The number of fused-ring (bicyclic) bond motifs is 3. The third kappa shape index (κ3) is 3.98. The van der Waals surface area contributed by atoms with Crippen molar-refractivity contribution in [1.29, 1.82) is 0 Å². The van der Waals surface area contributed by atoms with Crippen molar-refractivity contribution < 1.29 is 5.11 Å². The lowest BCUT2D eigenvalue weighted by Crippen LogP contribution is -2.31. The summed E-state index contributed by atoms with van der Waals surface area (Å²) in [4.78, 5) is 0. The van der Waals surface area contributed by atoms with Crippen molar-refractivity contribution in [3.63, 3.8) is 0 Å². The van der Waals surface area contributed by atoms with E-state index in [1.165, 1.54) is 27.5 Å². The van der Waals surface area contributed by atoms with Crippen LogP contribution in [0.5, 0.6) is 0 Å². The third-order valence-electron chi connectivity index (χ3n) is 8.14. The molecule has 7 rings (SSSR count). The normalized spacial score (nSPS) is 16.4. The topological polar surface area (TPSA) is 20.2 Å². The van der Waals surface area contributed by atoms with Crippen LogP contribution in [0.4, 0.5) is 0 Å². The van der Waals surface area contributed by atoms with Crippen molar-refractivity contribution >= 4 is 22.4 Å². The molecule has 0 spiro atoms. The summed E-state index contributed by atoms with van der Waals surface area (Å²) in [5, 5.41) is 16.3. The fourth-order valence-electron chi connectivity index (χ4n) is 6.25. The number of halogens is 1. The second-order valence-corrected chi connectivity index (χ2v) is 10.8. The van der Waals surface area contributed by atoms with Gasteiger partial charge in [0.15, 0.2) is 0 Å². The zero-order chi connectivity index (χ0) is 26.4. The molecular weight excluding hydrogens is 496 g/mol. The molecule has 6 aromatic rings. The predicted octanol–water partition coefficient (Wildman–Crippen LogP) is 9.21. The van der Waals surface area contributed by atoms with Gasteiger partial charge in [0.05, 0.1) is 0 Å². The van der Waals surface area contributed by atoms with E-state index in [-0.39, 0.29) is 0 Å². The van der Waals surface area contributed by atoms with E-state index in [1.807, 2.05) is 42.5 Å². The predicted molar refractivity (Wildman–Crippen MR) is 162 cm³/mol. The lowest BCUT2D eigenvalue weighted by atomic mass is 9.75. The standard InChI is InChI=1S/C37H27ClO/c38-30-22-20-26(21-23-30)33-12-4-6-15-35(33)37(39)34-14-5-2-9-27(34)16-17-28-18-19-29(24-36(28)37)32-13-7-10-25-8-1-3-11-31(25)32/h1-15,18-24,39H,16-17H2. The first-order valence-corrected chi connectivity index (χ1v) is 13.8. The van der Waals surface area contributed by atoms with Gasteiger partial charge >= 0.3 is 0 Å². The largest absolute Gasteiger partial charge is 0.376 e. The molecule has 0 saturated carbocycles. The molecule has 0 fully saturated rings. The zero-order valence-corrected chi connectivity index (χ0v) is 22.2. The molecule has 2 heteroatoms. The van der Waals surface area contributed by atoms with Crippen molar-refractivity contribution in [2.45, 2.75) is 18.4 Å². The summed E-state index contributed by atoms with van der Waals surface area (Å²) in [6.45, 7) is 0. The molecule has 1 N–H and O–H groups in total. The summed E-state index contributed by atoms with van der Waals surface area (Å²) in [5.74, 6) is 0. The second kappa shape index (κ2) is 9.54. The maximum Gasteiger partial charge on any atom is 0.141 e. The smallest absolute Gasteiger partial charge is 0.141 e. The van der Waals surface area contributed by atoms with Crippen LogP contribution in [0.25, 0.3) is 33.0 Å². The average molecular weight is 523 g/mol. The highest BCUT2D eigenvalue weighted by Gasteiger charge is 2.40. The summed E-state index contributed by atoms with van der Waals surface area (Å²) in [6.07, 6.45) is 1.75. The van der Waals surface area contributed by atoms with Gasteiger partial charge in [-0.15, -0.1) is 0 Å². The van der Waals surface area contributed by atoms with Crippen LogP contribution in [0.2, 0.25) is 5.02 Å². The minimum Gasteiger partial charge on any atom is -0.376 e. The number of hydrogen-bond acceptors (Lipinski definition) is 1. The van der Waals surface area contributed by atoms with Gasteiger partial charge in [-0.25, -0.2) is 0 Å². The van der Waals surface area contributed by atoms with E-state index in [2.05, 4.69) is 91.0 Å². The van der Waals surface area contributed by atoms with Crippen LogP contribution >= 0.6 is 11.6 Å². The Bertz CT molecular complexity index is 1830. The molecule has 1 aliphatic carbocycles. The fraction of sp³-hybridized carbons (Fsp3) is 0.0811. The molecule has 0 saturated heterocycles. The monoisotopic (exact) mass is 522 g/mol. The summed E-state index contributed by atoms with van der Waals surface area (Å²) in [7, 11) is 0. The molecular formula is C37H27ClO. The van der Waals surface area contributed by atoms with Crippen LogP contribution in [-0.2, 0) is 18.4 Å². The Morgan fingerprint density at radius 3 is 1.97 bits per heavy atom. The summed E-state index contributed by atoms with van der Waals surface area (Å²) >= 11 is 6.24. The highest BCUT2D eigenvalue weighted by molar-refractivity contribution is 6.30. The highest BCUT2D eigenvalue weighted by atomic mass is 35.5. The number of aryl methyl sites for hydroxylation is 2. The maximum absolute atomic E-state index is 13.2. The molecule has 188 valence electrons. The molecule has 1 aliphatic rings. The zero-order valence-electron chi connectivity index (χ0n) is 21.4. The Morgan fingerprint density at radius 1 is 0.513 bits per heavy atom. The molecule has 6 aromatic carbocycles. The SMILES string of the molecule is OC1(c2ccccc2-c2ccc(Cl)cc2)c2ccccc2CCc2ccc(-c3cccc4ccccc34)cc21. The lowest BCUT2D eigenvalue weighted by molar-refractivity contribution is 0.125. The first kappa shape index (κ1) is 23.9. The quantitative estimate of drug-likeness (QED) is 0.245. The average Bonchev–Trinajstić information content (AvgIpc) is 3.12. The van der Waals surface area contributed by atoms with E-state index < -0.39 is 5.60 Å². The molecule has 1 unspecified atom stereocenters. The van der Waals surface area contributed by atoms with E-state index in [0.29, 0.717) is 5.02 Å². The Hall–Kier alpha value is -4.17. The number of aliphatic hydroxyl groups is 1. The molecule has 1 nitrogen and oxygen atoms in total. The van der Waals surface area contributed by atoms with Crippen molar-refractivity contribution in [3.8, 4) is 22.3 Å². The van der Waals surface area contributed by atoms with E-state index in [4.69, 9.17) is 11.6 Å². The summed E-state index contributed by atoms with van der Waals surface area (Å²) in [5.41, 5.74) is 8.06. The Morgan fingerprint density at radius 2 is 1.13 bits per heavy atom. The van der Waals surface area contributed by atoms with Gasteiger partial charge in [0.2, 0.25) is 0 Å². The van der Waals surface area contributed by atoms with Crippen molar-refractivity contribution in [1.82, 2.24) is 0 Å². The van der Waals surface area contributed by atoms with Crippen LogP contribution < -0.4 is 0 Å². The summed E-state index contributed by atoms with van der Waals surface area (Å²) in [6, 6.07) is 46.0. The van der Waals surface area contributed by atoms with Gasteiger partial charge < -0.3 is 5.11 Å². The summed E-state index contributed by atoms with van der Waals surface area (Å²) < 4.78 is 0. The first-order valence-electron chi connectivity index (χ1n) is 13.4. The molecule has 0 heterocycles. The van der Waals surface area contributed by atoms with Gasteiger partial charge in [0.1, 0.15) is 5.60 Å². The van der Waals surface area contributed by atoms with E-state index >= 15 is 0 Å². The maximum atomic E-state index is 13.2. The van der Waals surface area contributed by atoms with Crippen LogP contribution in [0.15, 0.2) is 133 Å². The van der Waals surface area contributed by atoms with Gasteiger partial charge in [-0.2, -0.15) is 0 Å². The third-order valence-corrected chi connectivity index (χ3v) is 8.40. The molecule has 0 radical (unpaired) electrons. The molecule has 0 aliphatic heterocycles. The van der Waals surface area contributed by atoms with Crippen LogP contribution in [0.1, 0.15) is 27.8 Å². The number of rotatable bonds is 3. The molecule has 0 aromatic heterocycles. The number of hydrogen-bond donors (Lipinski definition) is 1. The van der Waals surface area contributed by atoms with Crippen LogP contribution in [-0.4, -0.2) is 5.11 Å². The van der Waals surface area contributed by atoms with Crippen molar-refractivity contribution in [2.24, 2.45) is 0 Å². The van der Waals surface area contributed by atoms with Gasteiger partial charge in [0, 0.05) is 10.6 Å². The van der Waals surface area contributed by atoms with Crippen molar-refractivity contribution in [2.75, 3.05) is 0 Å². The fourth-order valence-corrected chi connectivity index (χ4v) is 6.38. The Balaban J connectivity index is 1.52. The van der Waals surface area contributed by atoms with Crippen molar-refractivity contribution in [3.05, 3.63) is 166 Å². The molecule has 1 atom stereocenters. The van der Waals surface area contributed by atoms with E-state index in [9.17, 15) is 5.11 Å². The molecule has 0 bridgehead atoms. The van der Waals surface area contributed by atoms with Gasteiger partial charge in [0.25, 0.3) is 0 Å². The first-order chi connectivity index (χ1) is 19.1. The highest BCUT2D eigenvalue weighted by Crippen LogP contribution is 2.47. The minimum atomic E-state index is -1.33. The van der Waals surface area contributed by atoms with Gasteiger partial charge in [-0.1, -0.05) is 127 Å². The minimum absolute atomic E-state index is 0.694. The van der Waals surface area contributed by atoms with Gasteiger partial charge in [-0.3, -0.25) is 0 Å². The Labute approximate surface area is 234 Å².